The second kappa shape index (κ2) is 9.32. The Bertz CT molecular complexity index is 2250. The summed E-state index contributed by atoms with van der Waals surface area (Å²) in [6, 6.07) is 26.2. The van der Waals surface area contributed by atoms with Crippen molar-refractivity contribution in [3.63, 3.8) is 0 Å². The number of H-pyrrole nitrogens is 1. The maximum atomic E-state index is 4.05. The van der Waals surface area contributed by atoms with Gasteiger partial charge in [0.05, 0.1) is 27.6 Å². The predicted octanol–water partition coefficient (Wildman–Crippen LogP) is 10.6. The van der Waals surface area contributed by atoms with Gasteiger partial charge in [-0.2, -0.15) is 0 Å². The third kappa shape index (κ3) is 3.18. The zero-order chi connectivity index (χ0) is 27.4. The van der Waals surface area contributed by atoms with E-state index < -0.39 is 0 Å². The van der Waals surface area contributed by atoms with Crippen molar-refractivity contribution in [2.75, 3.05) is 0 Å². The molecule has 0 spiro atoms. The summed E-state index contributed by atoms with van der Waals surface area (Å²) in [7, 11) is 0. The summed E-state index contributed by atoms with van der Waals surface area (Å²) in [6.07, 6.45) is 14.8. The van der Waals surface area contributed by atoms with Gasteiger partial charge in [0, 0.05) is 49.2 Å². The van der Waals surface area contributed by atoms with E-state index in [2.05, 4.69) is 151 Å². The lowest BCUT2D eigenvalue weighted by molar-refractivity contribution is 1.23. The number of aromatic amines is 1. The lowest BCUT2D eigenvalue weighted by Gasteiger charge is -2.12. The molecule has 0 radical (unpaired) electrons. The summed E-state index contributed by atoms with van der Waals surface area (Å²) in [6.45, 7) is 10.3. The number of allylic oxidation sites excluding steroid dienone is 9. The lowest BCUT2D eigenvalue weighted by atomic mass is 10.0. The van der Waals surface area contributed by atoms with Crippen molar-refractivity contribution in [3.8, 4) is 0 Å². The minimum Gasteiger partial charge on any atom is -0.354 e. The number of fused-ring (bicyclic) bond motifs is 12. The first kappa shape index (κ1) is 24.1. The summed E-state index contributed by atoms with van der Waals surface area (Å²) >= 11 is 0. The van der Waals surface area contributed by atoms with Crippen LogP contribution < -0.4 is 0 Å². The third-order valence-electron chi connectivity index (χ3n) is 7.95. The van der Waals surface area contributed by atoms with Crippen molar-refractivity contribution >= 4 is 76.8 Å². The van der Waals surface area contributed by atoms with E-state index in [0.717, 1.165) is 22.4 Å². The quantitative estimate of drug-likeness (QED) is 0.220. The molecular formula is C37H31N3. The van der Waals surface area contributed by atoms with Gasteiger partial charge in [0.25, 0.3) is 0 Å². The van der Waals surface area contributed by atoms with Crippen LogP contribution in [0.5, 0.6) is 0 Å². The van der Waals surface area contributed by atoms with Crippen LogP contribution in [0.1, 0.15) is 20.8 Å². The van der Waals surface area contributed by atoms with Crippen molar-refractivity contribution in [1.82, 2.24) is 14.1 Å². The molecule has 0 aliphatic heterocycles. The van der Waals surface area contributed by atoms with E-state index in [0.29, 0.717) is 0 Å². The molecule has 7 rings (SSSR count). The zero-order valence-electron chi connectivity index (χ0n) is 23.1. The Morgan fingerprint density at radius 2 is 1.18 bits per heavy atom. The van der Waals surface area contributed by atoms with Crippen LogP contribution in [0.2, 0.25) is 0 Å². The minimum atomic E-state index is 1.08. The smallest absolute Gasteiger partial charge is 0.0662 e. The van der Waals surface area contributed by atoms with Crippen LogP contribution in [0.3, 0.4) is 0 Å². The Morgan fingerprint density at radius 1 is 0.650 bits per heavy atom. The number of aromatic nitrogens is 3. The summed E-state index contributed by atoms with van der Waals surface area (Å²) in [4.78, 5) is 3.86. The van der Waals surface area contributed by atoms with Crippen molar-refractivity contribution in [1.29, 1.82) is 0 Å². The Kier molecular flexibility index (Phi) is 5.60. The van der Waals surface area contributed by atoms with Gasteiger partial charge in [-0.05, 0) is 57.2 Å². The first-order valence-corrected chi connectivity index (χ1v) is 13.9. The van der Waals surface area contributed by atoms with Gasteiger partial charge in [0.1, 0.15) is 0 Å². The minimum absolute atomic E-state index is 1.08. The van der Waals surface area contributed by atoms with Crippen LogP contribution in [0, 0.1) is 0 Å². The maximum absolute atomic E-state index is 4.05. The molecule has 194 valence electrons. The fourth-order valence-electron chi connectivity index (χ4n) is 6.52. The Labute approximate surface area is 233 Å². The van der Waals surface area contributed by atoms with E-state index in [1.807, 2.05) is 6.08 Å². The molecule has 3 aromatic heterocycles. The largest absolute Gasteiger partial charge is 0.354 e. The van der Waals surface area contributed by atoms with Crippen molar-refractivity contribution in [3.05, 3.63) is 122 Å². The maximum Gasteiger partial charge on any atom is 0.0662 e. The molecule has 3 heteroatoms. The molecule has 0 saturated carbocycles. The van der Waals surface area contributed by atoms with Gasteiger partial charge in [0.2, 0.25) is 0 Å². The highest BCUT2D eigenvalue weighted by molar-refractivity contribution is 6.40. The van der Waals surface area contributed by atoms with Crippen LogP contribution in [0.25, 0.3) is 76.8 Å². The van der Waals surface area contributed by atoms with Gasteiger partial charge in [0.15, 0.2) is 0 Å². The number of para-hydroxylation sites is 3. The summed E-state index contributed by atoms with van der Waals surface area (Å²) in [5.74, 6) is 0. The molecule has 0 atom stereocenters. The molecule has 0 aliphatic carbocycles. The standard InChI is InChI=1S/C37H31N3/c1-5-15-24(8-4)39-30-22-13-10-19-27(30)33-35-32(26-18-9-12-21-29(26)38-35)36-34(37(33)39)28-20-11-14-23-31(28)40(36)25(16-6-2)17-7-3/h5-23,38H,2H2,1,3-4H3/b15-5-,17-7-,24-8+,25-16+. The first-order chi connectivity index (χ1) is 19.7. The third-order valence-corrected chi connectivity index (χ3v) is 7.95. The average molecular weight is 518 g/mol. The number of rotatable bonds is 5. The van der Waals surface area contributed by atoms with Crippen LogP contribution in [-0.4, -0.2) is 14.1 Å². The summed E-state index contributed by atoms with van der Waals surface area (Å²) in [5, 5.41) is 7.44. The number of hydrogen-bond donors (Lipinski definition) is 1. The highest BCUT2D eigenvalue weighted by atomic mass is 15.0. The van der Waals surface area contributed by atoms with E-state index in [4.69, 9.17) is 0 Å². The normalized spacial score (nSPS) is 13.6. The Balaban J connectivity index is 1.93. The molecule has 4 aromatic carbocycles. The monoisotopic (exact) mass is 517 g/mol. The van der Waals surface area contributed by atoms with Gasteiger partial charge in [-0.25, -0.2) is 0 Å². The van der Waals surface area contributed by atoms with Gasteiger partial charge in [-0.3, -0.25) is 0 Å². The first-order valence-electron chi connectivity index (χ1n) is 13.9. The van der Waals surface area contributed by atoms with Crippen molar-refractivity contribution < 1.29 is 0 Å². The van der Waals surface area contributed by atoms with E-state index >= 15 is 0 Å². The van der Waals surface area contributed by atoms with E-state index in [1.54, 1.807) is 0 Å². The fourth-order valence-corrected chi connectivity index (χ4v) is 6.52. The number of nitrogens with zero attached hydrogens (tertiary/aromatic N) is 2. The Hall–Kier alpha value is -5.02. The molecule has 0 aliphatic rings. The van der Waals surface area contributed by atoms with Crippen LogP contribution in [-0.2, 0) is 0 Å². The molecular weight excluding hydrogens is 486 g/mol. The zero-order valence-corrected chi connectivity index (χ0v) is 23.1. The highest BCUT2D eigenvalue weighted by Crippen LogP contribution is 2.48. The summed E-state index contributed by atoms with van der Waals surface area (Å²) < 4.78 is 4.86. The van der Waals surface area contributed by atoms with Crippen LogP contribution >= 0.6 is 0 Å². The molecule has 7 aromatic rings. The van der Waals surface area contributed by atoms with E-state index in [1.165, 1.54) is 54.4 Å². The molecule has 3 heterocycles. The molecule has 0 fully saturated rings. The SMILES string of the molecule is C=C/C=C(\C=C/C)n1c2ccccc2c2c3c(c4ccccc4n3C(/C=C\C)=C/C)c3[nH]c4ccccc4c3c21. The highest BCUT2D eigenvalue weighted by Gasteiger charge is 2.26. The van der Waals surface area contributed by atoms with Crippen LogP contribution in [0.4, 0.5) is 0 Å². The van der Waals surface area contributed by atoms with E-state index in [-0.39, 0.29) is 0 Å². The summed E-state index contributed by atoms with van der Waals surface area (Å²) in [5.41, 5.74) is 9.32. The molecule has 3 nitrogen and oxygen atoms in total. The fraction of sp³-hybridized carbons (Fsp3) is 0.0811. The van der Waals surface area contributed by atoms with Crippen molar-refractivity contribution in [2.24, 2.45) is 0 Å². The van der Waals surface area contributed by atoms with Gasteiger partial charge < -0.3 is 14.1 Å². The Morgan fingerprint density at radius 3 is 1.80 bits per heavy atom. The molecule has 0 unspecified atom stereocenters. The number of benzene rings is 4. The molecule has 0 saturated heterocycles. The van der Waals surface area contributed by atoms with Gasteiger partial charge >= 0.3 is 0 Å². The average Bonchev–Trinajstić information content (AvgIpc) is 3.63. The lowest BCUT2D eigenvalue weighted by Crippen LogP contribution is -1.97. The second-order valence-corrected chi connectivity index (χ2v) is 10.1. The number of nitrogens with one attached hydrogen (secondary N) is 1. The van der Waals surface area contributed by atoms with Crippen molar-refractivity contribution in [2.45, 2.75) is 20.8 Å². The van der Waals surface area contributed by atoms with Gasteiger partial charge in [-0.15, -0.1) is 0 Å². The topological polar surface area (TPSA) is 25.6 Å². The molecule has 0 amide bonds. The molecule has 1 N–H and O–H groups in total. The molecule has 40 heavy (non-hydrogen) atoms. The molecule has 0 bridgehead atoms. The van der Waals surface area contributed by atoms with E-state index in [9.17, 15) is 0 Å². The number of hydrogen-bond acceptors (Lipinski definition) is 0. The predicted molar refractivity (Wildman–Crippen MR) is 176 cm³/mol. The van der Waals surface area contributed by atoms with Crippen LogP contribution in [0.15, 0.2) is 122 Å². The van der Waals surface area contributed by atoms with Gasteiger partial charge in [-0.1, -0.05) is 85.5 Å². The second-order valence-electron chi connectivity index (χ2n) is 10.1.